The van der Waals surface area contributed by atoms with Crippen LogP contribution in [0.1, 0.15) is 0 Å². The van der Waals surface area contributed by atoms with Gasteiger partial charge in [0.05, 0.1) is 11.9 Å². The average Bonchev–Trinajstić information content (AvgIpc) is 2.67. The molecule has 3 rings (SSSR count). The first kappa shape index (κ1) is 20.2. The number of carbonyl (C=O) groups is 1. The van der Waals surface area contributed by atoms with Crippen molar-refractivity contribution in [2.45, 2.75) is 0 Å². The number of rotatable bonds is 6. The predicted molar refractivity (Wildman–Crippen MR) is 109 cm³/mol. The number of benzene rings is 2. The van der Waals surface area contributed by atoms with Crippen molar-refractivity contribution in [1.29, 1.82) is 0 Å². The van der Waals surface area contributed by atoms with Crippen LogP contribution in [0, 0.1) is 0 Å². The second-order valence-electron chi connectivity index (χ2n) is 6.84. The van der Waals surface area contributed by atoms with Crippen LogP contribution in [0.2, 0.25) is 0 Å². The van der Waals surface area contributed by atoms with Crippen LogP contribution in [0.15, 0.2) is 54.6 Å². The van der Waals surface area contributed by atoms with Crippen LogP contribution in [0.25, 0.3) is 0 Å². The van der Waals surface area contributed by atoms with E-state index in [0.29, 0.717) is 30.3 Å². The van der Waals surface area contributed by atoms with Gasteiger partial charge in [0, 0.05) is 26.2 Å². The molecule has 1 fully saturated rings. The van der Waals surface area contributed by atoms with E-state index in [0.717, 1.165) is 23.7 Å². The van der Waals surface area contributed by atoms with Crippen molar-refractivity contribution in [1.82, 2.24) is 9.80 Å². The van der Waals surface area contributed by atoms with E-state index >= 15 is 0 Å². The molecule has 0 unspecified atom stereocenters. The molecule has 1 heterocycles. The quantitative estimate of drug-likeness (QED) is 0.738. The fraction of sp³-hybridized carbons (Fsp3) is 0.350. The highest BCUT2D eigenvalue weighted by Crippen LogP contribution is 2.33. The molecule has 2 aromatic carbocycles. The minimum atomic E-state index is -3.68. The lowest BCUT2D eigenvalue weighted by Gasteiger charge is -2.34. The molecule has 0 aliphatic carbocycles. The summed E-state index contributed by atoms with van der Waals surface area (Å²) in [5.74, 6) is 0.757. The fourth-order valence-electron chi connectivity index (χ4n) is 3.02. The van der Waals surface area contributed by atoms with Gasteiger partial charge in [0.2, 0.25) is 15.9 Å². The summed E-state index contributed by atoms with van der Waals surface area (Å²) in [4.78, 5) is 16.6. The van der Waals surface area contributed by atoms with Crippen LogP contribution < -0.4 is 9.04 Å². The third kappa shape index (κ3) is 5.02. The van der Waals surface area contributed by atoms with E-state index in [4.69, 9.17) is 4.74 Å². The highest BCUT2D eigenvalue weighted by molar-refractivity contribution is 7.92. The first-order valence-corrected chi connectivity index (χ1v) is 11.0. The fourth-order valence-corrected chi connectivity index (χ4v) is 3.88. The summed E-state index contributed by atoms with van der Waals surface area (Å²) >= 11 is 0. The molecule has 0 saturated carbocycles. The number of hydrogen-bond acceptors (Lipinski definition) is 5. The summed E-state index contributed by atoms with van der Waals surface area (Å²) in [6.45, 7) is 2.48. The average molecular weight is 404 g/mol. The molecule has 28 heavy (non-hydrogen) atoms. The van der Waals surface area contributed by atoms with Gasteiger partial charge in [-0.05, 0) is 31.3 Å². The summed E-state index contributed by atoms with van der Waals surface area (Å²) in [7, 11) is -1.68. The molecule has 2 aromatic rings. The molecule has 150 valence electrons. The van der Waals surface area contributed by atoms with Gasteiger partial charge in [-0.1, -0.05) is 30.3 Å². The second kappa shape index (κ2) is 8.62. The molecular weight excluding hydrogens is 378 g/mol. The Morgan fingerprint density at radius 1 is 1.00 bits per heavy atom. The number of hydrogen-bond donors (Lipinski definition) is 0. The third-order valence-corrected chi connectivity index (χ3v) is 5.77. The lowest BCUT2D eigenvalue weighted by Crippen LogP contribution is -2.50. The van der Waals surface area contributed by atoms with E-state index in [2.05, 4.69) is 4.90 Å². The van der Waals surface area contributed by atoms with E-state index in [9.17, 15) is 13.2 Å². The van der Waals surface area contributed by atoms with Crippen LogP contribution in [0.4, 0.5) is 5.69 Å². The monoisotopic (exact) mass is 403 g/mol. The van der Waals surface area contributed by atoms with Crippen molar-refractivity contribution >= 4 is 21.6 Å². The summed E-state index contributed by atoms with van der Waals surface area (Å²) in [6.07, 6.45) is 1.10. The van der Waals surface area contributed by atoms with Gasteiger partial charge < -0.3 is 14.5 Å². The molecule has 0 spiro atoms. The van der Waals surface area contributed by atoms with E-state index < -0.39 is 10.0 Å². The topological polar surface area (TPSA) is 70.2 Å². The Kier molecular flexibility index (Phi) is 6.21. The highest BCUT2D eigenvalue weighted by Gasteiger charge is 2.27. The number of carbonyl (C=O) groups excluding carboxylic acids is 1. The maximum atomic E-state index is 12.8. The first-order valence-electron chi connectivity index (χ1n) is 9.10. The summed E-state index contributed by atoms with van der Waals surface area (Å²) in [5.41, 5.74) is 0.344. The van der Waals surface area contributed by atoms with Crippen molar-refractivity contribution in [2.24, 2.45) is 0 Å². The number of likely N-dealkylation sites (N-methyl/N-ethyl adjacent to an activating group) is 1. The standard InChI is InChI=1S/C20H25N3O4S/c1-21-12-14-22(15-13-21)20(24)16-23(28(2,25)26)18-10-6-7-11-19(18)27-17-8-4-3-5-9-17/h3-11H,12-16H2,1-2H3. The Hall–Kier alpha value is -2.58. The molecule has 0 radical (unpaired) electrons. The normalized spacial score (nSPS) is 15.3. The number of ether oxygens (including phenoxy) is 1. The maximum Gasteiger partial charge on any atom is 0.243 e. The molecule has 1 amide bonds. The molecule has 0 aromatic heterocycles. The lowest BCUT2D eigenvalue weighted by molar-refractivity contribution is -0.131. The molecule has 0 bridgehead atoms. The number of anilines is 1. The number of amides is 1. The van der Waals surface area contributed by atoms with Gasteiger partial charge in [0.15, 0.2) is 5.75 Å². The largest absolute Gasteiger partial charge is 0.455 e. The summed E-state index contributed by atoms with van der Waals surface area (Å²) < 4.78 is 32.0. The molecule has 1 aliphatic rings. The number of piperazine rings is 1. The zero-order valence-corrected chi connectivity index (χ0v) is 16.9. The van der Waals surface area contributed by atoms with E-state index in [1.54, 1.807) is 41.3 Å². The molecular formula is C20H25N3O4S. The van der Waals surface area contributed by atoms with Crippen molar-refractivity contribution in [3.05, 3.63) is 54.6 Å². The van der Waals surface area contributed by atoms with Gasteiger partial charge in [-0.3, -0.25) is 9.10 Å². The Bertz CT molecular complexity index is 910. The second-order valence-corrected chi connectivity index (χ2v) is 8.74. The summed E-state index contributed by atoms with van der Waals surface area (Å²) in [6, 6.07) is 16.0. The third-order valence-electron chi connectivity index (χ3n) is 4.64. The number of sulfonamides is 1. The lowest BCUT2D eigenvalue weighted by atomic mass is 10.2. The van der Waals surface area contributed by atoms with Gasteiger partial charge in [-0.25, -0.2) is 8.42 Å². The van der Waals surface area contributed by atoms with E-state index in [1.165, 1.54) is 0 Å². The zero-order valence-electron chi connectivity index (χ0n) is 16.1. The maximum absolute atomic E-state index is 12.8. The molecule has 0 N–H and O–H groups in total. The van der Waals surface area contributed by atoms with Crippen LogP contribution >= 0.6 is 0 Å². The Labute approximate surface area is 166 Å². The van der Waals surface area contributed by atoms with Gasteiger partial charge in [-0.2, -0.15) is 0 Å². The van der Waals surface area contributed by atoms with E-state index in [1.807, 2.05) is 25.2 Å². The van der Waals surface area contributed by atoms with Gasteiger partial charge in [0.25, 0.3) is 0 Å². The van der Waals surface area contributed by atoms with Crippen molar-refractivity contribution < 1.29 is 17.9 Å². The van der Waals surface area contributed by atoms with Crippen LogP contribution in [-0.4, -0.2) is 70.2 Å². The minimum Gasteiger partial charge on any atom is -0.455 e. The Morgan fingerprint density at radius 2 is 1.61 bits per heavy atom. The van der Waals surface area contributed by atoms with Gasteiger partial charge in [0.1, 0.15) is 12.3 Å². The molecule has 1 saturated heterocycles. The van der Waals surface area contributed by atoms with Crippen molar-refractivity contribution in [3.8, 4) is 11.5 Å². The van der Waals surface area contributed by atoms with Crippen LogP contribution in [0.5, 0.6) is 11.5 Å². The number of nitrogens with zero attached hydrogens (tertiary/aromatic N) is 3. The number of para-hydroxylation sites is 3. The minimum absolute atomic E-state index is 0.215. The van der Waals surface area contributed by atoms with Gasteiger partial charge in [-0.15, -0.1) is 0 Å². The smallest absolute Gasteiger partial charge is 0.243 e. The predicted octanol–water partition coefficient (Wildman–Crippen LogP) is 2.02. The Morgan fingerprint density at radius 3 is 2.25 bits per heavy atom. The molecule has 7 nitrogen and oxygen atoms in total. The molecule has 1 aliphatic heterocycles. The van der Waals surface area contributed by atoms with Crippen LogP contribution in [-0.2, 0) is 14.8 Å². The van der Waals surface area contributed by atoms with Gasteiger partial charge >= 0.3 is 0 Å². The highest BCUT2D eigenvalue weighted by atomic mass is 32.2. The molecule has 8 heteroatoms. The Balaban J connectivity index is 1.85. The van der Waals surface area contributed by atoms with Crippen molar-refractivity contribution in [3.63, 3.8) is 0 Å². The first-order chi connectivity index (χ1) is 13.3. The van der Waals surface area contributed by atoms with E-state index in [-0.39, 0.29) is 12.5 Å². The summed E-state index contributed by atoms with van der Waals surface area (Å²) in [5, 5.41) is 0. The van der Waals surface area contributed by atoms with Crippen LogP contribution in [0.3, 0.4) is 0 Å². The van der Waals surface area contributed by atoms with Crippen molar-refractivity contribution in [2.75, 3.05) is 50.3 Å². The molecule has 0 atom stereocenters. The zero-order chi connectivity index (χ0) is 20.1. The SMILES string of the molecule is CN1CCN(C(=O)CN(c2ccccc2Oc2ccccc2)S(C)(=O)=O)CC1.